The number of hydrogen-bond acceptors (Lipinski definition) is 4. The number of nitrogens with one attached hydrogen (secondary N) is 2. The number of H-pyrrole nitrogens is 1. The minimum absolute atomic E-state index is 0.336. The molecule has 0 amide bonds. The van der Waals surface area contributed by atoms with Crippen molar-refractivity contribution in [2.75, 3.05) is 19.3 Å². The Morgan fingerprint density at radius 3 is 2.62 bits per heavy atom. The van der Waals surface area contributed by atoms with E-state index < -0.39 is 9.84 Å². The van der Waals surface area contributed by atoms with Crippen molar-refractivity contribution in [1.29, 1.82) is 0 Å². The van der Waals surface area contributed by atoms with Crippen LogP contribution in [-0.4, -0.2) is 37.7 Å². The summed E-state index contributed by atoms with van der Waals surface area (Å²) in [5.41, 5.74) is 1.88. The smallest absolute Gasteiger partial charge is 0.175 e. The Labute approximate surface area is 124 Å². The Hall–Kier alpha value is -1.66. The quantitative estimate of drug-likeness (QED) is 0.909. The molecule has 112 valence electrons. The maximum atomic E-state index is 11.5. The highest BCUT2D eigenvalue weighted by Gasteiger charge is 2.18. The van der Waals surface area contributed by atoms with Crippen LogP contribution in [-0.2, 0) is 9.84 Å². The topological polar surface area (TPSA) is 74.8 Å². The summed E-state index contributed by atoms with van der Waals surface area (Å²) in [7, 11) is -3.15. The van der Waals surface area contributed by atoms with E-state index in [-0.39, 0.29) is 0 Å². The fourth-order valence-electron chi connectivity index (χ4n) is 2.66. The van der Waals surface area contributed by atoms with Crippen LogP contribution in [0, 0.1) is 0 Å². The molecule has 1 aliphatic heterocycles. The maximum Gasteiger partial charge on any atom is 0.175 e. The molecule has 3 rings (SSSR count). The van der Waals surface area contributed by atoms with Gasteiger partial charge in [0.25, 0.3) is 0 Å². The molecule has 0 radical (unpaired) electrons. The van der Waals surface area contributed by atoms with E-state index in [4.69, 9.17) is 0 Å². The summed E-state index contributed by atoms with van der Waals surface area (Å²) in [5, 5.41) is 3.38. The van der Waals surface area contributed by atoms with E-state index in [2.05, 4.69) is 15.3 Å². The van der Waals surface area contributed by atoms with Crippen molar-refractivity contribution < 1.29 is 8.42 Å². The summed E-state index contributed by atoms with van der Waals surface area (Å²) in [6, 6.07) is 6.89. The molecule has 0 spiro atoms. The molecular formula is C15H19N3O2S. The molecule has 1 saturated heterocycles. The lowest BCUT2D eigenvalue weighted by Crippen LogP contribution is -2.28. The first-order valence-corrected chi connectivity index (χ1v) is 8.99. The molecule has 2 N–H and O–H groups in total. The maximum absolute atomic E-state index is 11.5. The SMILES string of the molecule is CS(=O)(=O)c1ccc(-c2cnc(C3CCCNC3)[nH]2)cc1. The van der Waals surface area contributed by atoms with Crippen LogP contribution in [0.15, 0.2) is 35.4 Å². The highest BCUT2D eigenvalue weighted by atomic mass is 32.2. The average Bonchev–Trinajstić information content (AvgIpc) is 2.97. The summed E-state index contributed by atoms with van der Waals surface area (Å²) < 4.78 is 22.9. The Kier molecular flexibility index (Phi) is 3.82. The molecule has 1 unspecified atom stereocenters. The second-order valence-electron chi connectivity index (χ2n) is 5.52. The van der Waals surface area contributed by atoms with Gasteiger partial charge in [-0.3, -0.25) is 0 Å². The van der Waals surface area contributed by atoms with Gasteiger partial charge in [-0.2, -0.15) is 0 Å². The van der Waals surface area contributed by atoms with Crippen molar-refractivity contribution in [2.24, 2.45) is 0 Å². The first-order chi connectivity index (χ1) is 10.0. The zero-order valence-electron chi connectivity index (χ0n) is 12.0. The normalized spacial score (nSPS) is 19.6. The Bertz CT molecular complexity index is 714. The predicted molar refractivity (Wildman–Crippen MR) is 82.0 cm³/mol. The van der Waals surface area contributed by atoms with Gasteiger partial charge in [-0.15, -0.1) is 0 Å². The molecule has 0 bridgehead atoms. The summed E-state index contributed by atoms with van der Waals surface area (Å²) in [6.45, 7) is 2.04. The van der Waals surface area contributed by atoms with Gasteiger partial charge in [-0.25, -0.2) is 13.4 Å². The molecule has 2 aromatic rings. The Morgan fingerprint density at radius 1 is 1.24 bits per heavy atom. The summed E-state index contributed by atoms with van der Waals surface area (Å²) >= 11 is 0. The molecule has 5 nitrogen and oxygen atoms in total. The van der Waals surface area contributed by atoms with Gasteiger partial charge in [0.1, 0.15) is 5.82 Å². The van der Waals surface area contributed by atoms with Crippen LogP contribution in [0.2, 0.25) is 0 Å². The van der Waals surface area contributed by atoms with E-state index in [1.54, 1.807) is 12.1 Å². The van der Waals surface area contributed by atoms with Crippen molar-refractivity contribution in [3.8, 4) is 11.3 Å². The van der Waals surface area contributed by atoms with Crippen LogP contribution in [0.5, 0.6) is 0 Å². The van der Waals surface area contributed by atoms with Gasteiger partial charge < -0.3 is 10.3 Å². The van der Waals surface area contributed by atoms with E-state index in [1.807, 2.05) is 18.3 Å². The minimum atomic E-state index is -3.15. The number of nitrogens with zero attached hydrogens (tertiary/aromatic N) is 1. The first kappa shape index (κ1) is 14.3. The molecule has 21 heavy (non-hydrogen) atoms. The van der Waals surface area contributed by atoms with Crippen LogP contribution in [0.4, 0.5) is 0 Å². The van der Waals surface area contributed by atoms with Gasteiger partial charge in [0.15, 0.2) is 9.84 Å². The van der Waals surface area contributed by atoms with Crippen LogP contribution in [0.25, 0.3) is 11.3 Å². The molecule has 1 aromatic heterocycles. The lowest BCUT2D eigenvalue weighted by molar-refractivity contribution is 0.449. The number of hydrogen-bond donors (Lipinski definition) is 2. The average molecular weight is 305 g/mol. The van der Waals surface area contributed by atoms with Crippen molar-refractivity contribution in [1.82, 2.24) is 15.3 Å². The standard InChI is InChI=1S/C15H19N3O2S/c1-21(19,20)13-6-4-11(5-7-13)14-10-17-15(18-14)12-3-2-8-16-9-12/h4-7,10,12,16H,2-3,8-9H2,1H3,(H,17,18). The summed E-state index contributed by atoms with van der Waals surface area (Å²) in [5.74, 6) is 1.44. The third-order valence-electron chi connectivity index (χ3n) is 3.87. The van der Waals surface area contributed by atoms with Crippen molar-refractivity contribution in [2.45, 2.75) is 23.7 Å². The van der Waals surface area contributed by atoms with Crippen LogP contribution < -0.4 is 5.32 Å². The van der Waals surface area contributed by atoms with Gasteiger partial charge in [0.05, 0.1) is 16.8 Å². The molecule has 1 atom stereocenters. The molecule has 0 saturated carbocycles. The van der Waals surface area contributed by atoms with Gasteiger partial charge in [-0.1, -0.05) is 12.1 Å². The van der Waals surface area contributed by atoms with Gasteiger partial charge in [0.2, 0.25) is 0 Å². The largest absolute Gasteiger partial charge is 0.342 e. The second-order valence-corrected chi connectivity index (χ2v) is 7.54. The Morgan fingerprint density at radius 2 is 2.00 bits per heavy atom. The molecule has 6 heteroatoms. The molecule has 1 fully saturated rings. The zero-order chi connectivity index (χ0) is 14.9. The van der Waals surface area contributed by atoms with Crippen LogP contribution in [0.3, 0.4) is 0 Å². The highest BCUT2D eigenvalue weighted by Crippen LogP contribution is 2.25. The minimum Gasteiger partial charge on any atom is -0.342 e. The van der Waals surface area contributed by atoms with E-state index in [0.29, 0.717) is 10.8 Å². The van der Waals surface area contributed by atoms with E-state index in [1.165, 1.54) is 12.7 Å². The van der Waals surface area contributed by atoms with E-state index in [0.717, 1.165) is 36.6 Å². The number of benzene rings is 1. The lowest BCUT2D eigenvalue weighted by atomic mass is 9.99. The third kappa shape index (κ3) is 3.16. The van der Waals surface area contributed by atoms with Gasteiger partial charge in [-0.05, 0) is 37.1 Å². The number of aromatic amines is 1. The van der Waals surface area contributed by atoms with Gasteiger partial charge in [0, 0.05) is 18.7 Å². The van der Waals surface area contributed by atoms with Crippen molar-refractivity contribution >= 4 is 9.84 Å². The van der Waals surface area contributed by atoms with E-state index >= 15 is 0 Å². The van der Waals surface area contributed by atoms with Crippen molar-refractivity contribution in [3.05, 3.63) is 36.3 Å². The first-order valence-electron chi connectivity index (χ1n) is 7.10. The lowest BCUT2D eigenvalue weighted by Gasteiger charge is -2.20. The van der Waals surface area contributed by atoms with Crippen molar-refractivity contribution in [3.63, 3.8) is 0 Å². The number of imidazole rings is 1. The Balaban J connectivity index is 1.82. The number of aromatic nitrogens is 2. The van der Waals surface area contributed by atoms with Crippen LogP contribution in [0.1, 0.15) is 24.6 Å². The summed E-state index contributed by atoms with van der Waals surface area (Å²) in [6.07, 6.45) is 5.35. The molecule has 0 aliphatic carbocycles. The highest BCUT2D eigenvalue weighted by molar-refractivity contribution is 7.90. The second kappa shape index (κ2) is 5.61. The zero-order valence-corrected chi connectivity index (χ0v) is 12.8. The number of piperidine rings is 1. The molecule has 2 heterocycles. The summed E-state index contributed by atoms with van der Waals surface area (Å²) in [4.78, 5) is 8.17. The fraction of sp³-hybridized carbons (Fsp3) is 0.400. The molecule has 1 aromatic carbocycles. The van der Waals surface area contributed by atoms with E-state index in [9.17, 15) is 8.42 Å². The van der Waals surface area contributed by atoms with Gasteiger partial charge >= 0.3 is 0 Å². The molecular weight excluding hydrogens is 286 g/mol. The monoisotopic (exact) mass is 305 g/mol. The predicted octanol–water partition coefficient (Wildman–Crippen LogP) is 1.95. The number of rotatable bonds is 3. The molecule has 1 aliphatic rings. The van der Waals surface area contributed by atoms with Crippen LogP contribution >= 0.6 is 0 Å². The number of sulfone groups is 1. The fourth-order valence-corrected chi connectivity index (χ4v) is 3.29. The third-order valence-corrected chi connectivity index (χ3v) is 5.00.